The van der Waals surface area contributed by atoms with E-state index in [2.05, 4.69) is 0 Å². The average Bonchev–Trinajstić information content (AvgIpc) is 3.11. The Kier molecular flexibility index (Phi) is 7.30. The first-order valence-corrected chi connectivity index (χ1v) is 11.6. The third-order valence-electron chi connectivity index (χ3n) is 5.16. The van der Waals surface area contributed by atoms with Gasteiger partial charge in [0.15, 0.2) is 0 Å². The molecule has 4 rings (SSSR count). The number of ether oxygens (including phenoxy) is 2. The third-order valence-corrected chi connectivity index (χ3v) is 6.54. The normalized spacial score (nSPS) is 14.5. The van der Waals surface area contributed by atoms with Crippen molar-refractivity contribution in [2.75, 3.05) is 7.11 Å². The molecule has 0 aliphatic carbocycles. The van der Waals surface area contributed by atoms with Crippen LogP contribution < -0.4 is 9.47 Å². The van der Waals surface area contributed by atoms with E-state index in [1.165, 1.54) is 11.8 Å². The van der Waals surface area contributed by atoms with Gasteiger partial charge in [-0.25, -0.2) is 4.79 Å². The number of carbonyl (C=O) groups is 2. The van der Waals surface area contributed by atoms with E-state index < -0.39 is 5.97 Å². The molecule has 0 atom stereocenters. The van der Waals surface area contributed by atoms with Crippen molar-refractivity contribution < 1.29 is 24.2 Å². The third kappa shape index (κ3) is 5.65. The van der Waals surface area contributed by atoms with Crippen LogP contribution in [-0.2, 0) is 17.9 Å². The van der Waals surface area contributed by atoms with Gasteiger partial charge in [0.2, 0.25) is 0 Å². The van der Waals surface area contributed by atoms with Gasteiger partial charge in [-0.1, -0.05) is 60.4 Å². The van der Waals surface area contributed by atoms with Crippen molar-refractivity contribution in [3.63, 3.8) is 0 Å². The topological polar surface area (TPSA) is 76.1 Å². The summed E-state index contributed by atoms with van der Waals surface area (Å²) in [7, 11) is 1.61. The van der Waals surface area contributed by atoms with E-state index in [4.69, 9.17) is 26.8 Å². The average molecular weight is 492 g/mol. The molecule has 1 heterocycles. The van der Waals surface area contributed by atoms with E-state index >= 15 is 0 Å². The molecule has 0 radical (unpaired) electrons. The number of carboxylic acids is 1. The Labute approximate surface area is 206 Å². The smallest absolute Gasteiger partial charge is 0.335 e. The highest BCUT2D eigenvalue weighted by atomic mass is 32.2. The molecule has 1 N–H and O–H groups in total. The summed E-state index contributed by atoms with van der Waals surface area (Å²) >= 11 is 6.72. The lowest BCUT2D eigenvalue weighted by Gasteiger charge is -2.14. The number of thiocarbonyl (C=S) groups is 1. The van der Waals surface area contributed by atoms with E-state index in [9.17, 15) is 9.59 Å². The van der Waals surface area contributed by atoms with Crippen molar-refractivity contribution in [3.05, 3.63) is 100.0 Å². The summed E-state index contributed by atoms with van der Waals surface area (Å²) < 4.78 is 11.5. The second-order valence-electron chi connectivity index (χ2n) is 7.48. The highest BCUT2D eigenvalue weighted by Crippen LogP contribution is 2.34. The fourth-order valence-electron chi connectivity index (χ4n) is 3.27. The molecule has 1 saturated heterocycles. The van der Waals surface area contributed by atoms with E-state index in [-0.39, 0.29) is 11.5 Å². The summed E-state index contributed by atoms with van der Waals surface area (Å²) in [6, 6.07) is 21.5. The number of aromatic carboxylic acids is 1. The largest absolute Gasteiger partial charge is 0.497 e. The zero-order valence-electron chi connectivity index (χ0n) is 18.3. The Morgan fingerprint density at radius 1 is 0.971 bits per heavy atom. The summed E-state index contributed by atoms with van der Waals surface area (Å²) in [5.74, 6) is 0.362. The molecule has 1 aliphatic heterocycles. The lowest BCUT2D eigenvalue weighted by molar-refractivity contribution is -0.122. The maximum Gasteiger partial charge on any atom is 0.335 e. The minimum Gasteiger partial charge on any atom is -0.497 e. The minimum atomic E-state index is -0.958. The molecule has 0 aromatic heterocycles. The summed E-state index contributed by atoms with van der Waals surface area (Å²) in [5.41, 5.74) is 2.94. The maximum atomic E-state index is 12.9. The maximum absolute atomic E-state index is 12.9. The number of hydrogen-bond donors (Lipinski definition) is 1. The Morgan fingerprint density at radius 3 is 2.21 bits per heavy atom. The zero-order valence-corrected chi connectivity index (χ0v) is 19.9. The van der Waals surface area contributed by atoms with Gasteiger partial charge < -0.3 is 14.6 Å². The van der Waals surface area contributed by atoms with Gasteiger partial charge in [-0.05, 0) is 59.2 Å². The lowest BCUT2D eigenvalue weighted by atomic mass is 10.1. The fraction of sp³-hybridized carbons (Fsp3) is 0.115. The van der Waals surface area contributed by atoms with Gasteiger partial charge in [-0.15, -0.1) is 0 Å². The van der Waals surface area contributed by atoms with Crippen LogP contribution in [0.5, 0.6) is 11.5 Å². The van der Waals surface area contributed by atoms with Gasteiger partial charge >= 0.3 is 5.97 Å². The number of amides is 1. The number of benzene rings is 3. The number of nitrogens with zero attached hydrogens (tertiary/aromatic N) is 1. The summed E-state index contributed by atoms with van der Waals surface area (Å²) in [5, 5.41) is 8.97. The van der Waals surface area contributed by atoms with Gasteiger partial charge in [-0.2, -0.15) is 0 Å². The van der Waals surface area contributed by atoms with Crippen molar-refractivity contribution in [1.29, 1.82) is 0 Å². The Bertz CT molecular complexity index is 1240. The molecular formula is C26H21NO5S2. The first-order valence-electron chi connectivity index (χ1n) is 10.4. The predicted octanol–water partition coefficient (Wildman–Crippen LogP) is 5.37. The van der Waals surface area contributed by atoms with Crippen molar-refractivity contribution in [2.45, 2.75) is 13.2 Å². The van der Waals surface area contributed by atoms with Crippen LogP contribution in [0.2, 0.25) is 0 Å². The number of hydrogen-bond acceptors (Lipinski definition) is 6. The molecule has 3 aromatic carbocycles. The first-order chi connectivity index (χ1) is 16.4. The monoisotopic (exact) mass is 491 g/mol. The van der Waals surface area contributed by atoms with E-state index in [1.807, 2.05) is 54.6 Å². The molecule has 0 bridgehead atoms. The van der Waals surface area contributed by atoms with Gasteiger partial charge in [0.25, 0.3) is 5.91 Å². The highest BCUT2D eigenvalue weighted by Gasteiger charge is 2.31. The second kappa shape index (κ2) is 10.5. The van der Waals surface area contributed by atoms with Gasteiger partial charge in [0.1, 0.15) is 22.4 Å². The van der Waals surface area contributed by atoms with Crippen LogP contribution in [0.15, 0.2) is 77.7 Å². The molecule has 0 saturated carbocycles. The van der Waals surface area contributed by atoms with Crippen molar-refractivity contribution in [3.8, 4) is 11.5 Å². The quantitative estimate of drug-likeness (QED) is 0.335. The van der Waals surface area contributed by atoms with Crippen LogP contribution in [0, 0.1) is 0 Å². The van der Waals surface area contributed by atoms with Gasteiger partial charge in [0, 0.05) is 0 Å². The molecule has 3 aromatic rings. The van der Waals surface area contributed by atoms with Gasteiger partial charge in [-0.3, -0.25) is 9.69 Å². The van der Waals surface area contributed by atoms with Crippen molar-refractivity contribution in [2.24, 2.45) is 0 Å². The van der Waals surface area contributed by atoms with Crippen molar-refractivity contribution in [1.82, 2.24) is 4.90 Å². The standard InChI is InChI=1S/C26H21NO5S2/c1-31-21-10-6-18(7-11-21)15-27-24(28)23(34-26(27)33)14-17-4-12-22(13-5-17)32-16-19-2-8-20(9-3-19)25(29)30/h2-14H,15-16H2,1H3,(H,29,30)/b23-14-. The Balaban J connectivity index is 1.37. The highest BCUT2D eigenvalue weighted by molar-refractivity contribution is 8.26. The molecular weight excluding hydrogens is 470 g/mol. The van der Waals surface area contributed by atoms with Crippen LogP contribution in [0.1, 0.15) is 27.0 Å². The second-order valence-corrected chi connectivity index (χ2v) is 9.15. The lowest BCUT2D eigenvalue weighted by Crippen LogP contribution is -2.27. The van der Waals surface area contributed by atoms with E-state index in [0.717, 1.165) is 22.4 Å². The number of thioether (sulfide) groups is 1. The van der Waals surface area contributed by atoms with Crippen LogP contribution in [-0.4, -0.2) is 33.3 Å². The van der Waals surface area contributed by atoms with Crippen LogP contribution in [0.25, 0.3) is 6.08 Å². The molecule has 1 fully saturated rings. The number of rotatable bonds is 8. The van der Waals surface area contributed by atoms with Gasteiger partial charge in [0.05, 0.1) is 24.1 Å². The van der Waals surface area contributed by atoms with Crippen LogP contribution >= 0.6 is 24.0 Å². The van der Waals surface area contributed by atoms with E-state index in [1.54, 1.807) is 36.3 Å². The molecule has 1 amide bonds. The summed E-state index contributed by atoms with van der Waals surface area (Å²) in [6.45, 7) is 0.732. The molecule has 34 heavy (non-hydrogen) atoms. The Hall–Kier alpha value is -3.62. The van der Waals surface area contributed by atoms with Crippen molar-refractivity contribution >= 4 is 46.3 Å². The number of carboxylic acid groups (broad SMARTS) is 1. The number of carbonyl (C=O) groups excluding carboxylic acids is 1. The number of methoxy groups -OCH3 is 1. The van der Waals surface area contributed by atoms with Crippen LogP contribution in [0.3, 0.4) is 0 Å². The molecule has 172 valence electrons. The van der Waals surface area contributed by atoms with Crippen LogP contribution in [0.4, 0.5) is 0 Å². The molecule has 1 aliphatic rings. The van der Waals surface area contributed by atoms with E-state index in [0.29, 0.717) is 28.1 Å². The fourth-order valence-corrected chi connectivity index (χ4v) is 4.53. The first kappa shape index (κ1) is 23.5. The summed E-state index contributed by atoms with van der Waals surface area (Å²) in [6.07, 6.45) is 1.82. The molecule has 8 heteroatoms. The molecule has 6 nitrogen and oxygen atoms in total. The Morgan fingerprint density at radius 2 is 1.59 bits per heavy atom. The summed E-state index contributed by atoms with van der Waals surface area (Å²) in [4.78, 5) is 26.0. The SMILES string of the molecule is COc1ccc(CN2C(=O)/C(=C/c3ccc(OCc4ccc(C(=O)O)cc4)cc3)SC2=S)cc1. The molecule has 0 spiro atoms. The predicted molar refractivity (Wildman–Crippen MR) is 136 cm³/mol. The zero-order chi connectivity index (χ0) is 24.1. The molecule has 0 unspecified atom stereocenters. The minimum absolute atomic E-state index is 0.115.